The first-order chi connectivity index (χ1) is 34.7. The van der Waals surface area contributed by atoms with E-state index in [9.17, 15) is 19.2 Å². The number of benzene rings is 6. The number of aromatic nitrogens is 4. The Bertz CT molecular complexity index is 3670. The van der Waals surface area contributed by atoms with Crippen LogP contribution in [0.4, 0.5) is 0 Å². The van der Waals surface area contributed by atoms with Crippen molar-refractivity contribution in [2.75, 3.05) is 14.2 Å². The molecular formula is C56H41Br3N6O6. The lowest BCUT2D eigenvalue weighted by Gasteiger charge is -2.15. The van der Waals surface area contributed by atoms with E-state index in [1.165, 1.54) is 9.80 Å². The van der Waals surface area contributed by atoms with Gasteiger partial charge in [-0.05, 0) is 75.6 Å². The summed E-state index contributed by atoms with van der Waals surface area (Å²) in [7, 11) is 3.21. The van der Waals surface area contributed by atoms with Gasteiger partial charge in [-0.15, -0.1) is 0 Å². The van der Waals surface area contributed by atoms with E-state index in [0.29, 0.717) is 43.8 Å². The van der Waals surface area contributed by atoms with Gasteiger partial charge in [0.25, 0.3) is 23.6 Å². The van der Waals surface area contributed by atoms with E-state index >= 15 is 0 Å². The number of amides is 4. The molecule has 4 amide bonds. The van der Waals surface area contributed by atoms with E-state index in [-0.39, 0.29) is 36.7 Å². The number of imide groups is 2. The van der Waals surface area contributed by atoms with Crippen LogP contribution in [0, 0.1) is 0 Å². The molecule has 71 heavy (non-hydrogen) atoms. The molecule has 4 aromatic heterocycles. The summed E-state index contributed by atoms with van der Waals surface area (Å²) < 4.78 is 11.1. The molecule has 0 radical (unpaired) electrons. The fourth-order valence-electron chi connectivity index (χ4n) is 9.44. The molecule has 0 saturated heterocycles. The number of H-pyrrole nitrogens is 4. The van der Waals surface area contributed by atoms with Crippen molar-refractivity contribution in [3.05, 3.63) is 202 Å². The Kier molecular flexibility index (Phi) is 13.2. The summed E-state index contributed by atoms with van der Waals surface area (Å²) in [5.41, 5.74) is 9.78. The maximum atomic E-state index is 14.0. The van der Waals surface area contributed by atoms with Crippen molar-refractivity contribution in [2.24, 2.45) is 0 Å². The van der Waals surface area contributed by atoms with Crippen LogP contribution in [-0.2, 0) is 32.3 Å². The number of hydrogen-bond donors (Lipinski definition) is 4. The molecule has 0 spiro atoms. The molecule has 6 aromatic carbocycles. The van der Waals surface area contributed by atoms with Gasteiger partial charge >= 0.3 is 0 Å². The van der Waals surface area contributed by atoms with Crippen molar-refractivity contribution < 1.29 is 28.7 Å². The Hall–Kier alpha value is -7.72. The Morgan fingerprint density at radius 1 is 0.423 bits per heavy atom. The molecule has 0 bridgehead atoms. The van der Waals surface area contributed by atoms with Crippen LogP contribution in [0.25, 0.3) is 65.9 Å². The van der Waals surface area contributed by atoms with Gasteiger partial charge in [0.05, 0.1) is 54.2 Å². The molecule has 2 aliphatic heterocycles. The molecular weight excluding hydrogens is 1090 g/mol. The highest BCUT2D eigenvalue weighted by atomic mass is 80.9. The van der Waals surface area contributed by atoms with Gasteiger partial charge < -0.3 is 29.4 Å². The third kappa shape index (κ3) is 8.49. The van der Waals surface area contributed by atoms with Crippen LogP contribution in [0.1, 0.15) is 33.4 Å². The van der Waals surface area contributed by atoms with Gasteiger partial charge in [0, 0.05) is 113 Å². The van der Waals surface area contributed by atoms with Gasteiger partial charge in [-0.25, -0.2) is 0 Å². The van der Waals surface area contributed by atoms with E-state index < -0.39 is 0 Å². The predicted molar refractivity (Wildman–Crippen MR) is 289 cm³/mol. The highest BCUT2D eigenvalue weighted by Gasteiger charge is 2.43. The molecule has 6 heterocycles. The van der Waals surface area contributed by atoms with Crippen LogP contribution >= 0.6 is 44.2 Å². The number of hydrogen-bond acceptors (Lipinski definition) is 6. The number of rotatable bonds is 10. The van der Waals surface area contributed by atoms with Gasteiger partial charge in [-0.1, -0.05) is 97.1 Å². The number of fused-ring (bicyclic) bond motifs is 4. The van der Waals surface area contributed by atoms with Crippen molar-refractivity contribution in [3.63, 3.8) is 0 Å². The van der Waals surface area contributed by atoms with Crippen LogP contribution in [-0.4, -0.2) is 67.6 Å². The van der Waals surface area contributed by atoms with Crippen molar-refractivity contribution in [1.82, 2.24) is 29.7 Å². The standard InChI is InChI=1S/C28H20BrN3O3.C28H21N3O3.Br2/c1-35-17-12-10-16(11-13-17)15-32-27(33)24(20-14-30-21-8-4-2-6-18(20)21)25(28(32)34)23-19-7-3-5-9-22(19)31-26(23)29;1-34-18-12-10-17(11-13-18)16-31-27(32)25(21-14-29-23-8-4-2-6-19(21)23)26(28(31)33)22-15-30-24-9-5-3-7-20(22)24;1-2/h2-14,30-31H,15H2,1H3;2-15,29-30H,16H2,1H3;. The van der Waals surface area contributed by atoms with Gasteiger partial charge in [0.15, 0.2) is 0 Å². The molecule has 0 unspecified atom stereocenters. The molecule has 0 fully saturated rings. The van der Waals surface area contributed by atoms with Crippen LogP contribution in [0.15, 0.2) is 169 Å². The number of methoxy groups -OCH3 is 2. The minimum atomic E-state index is -0.323. The van der Waals surface area contributed by atoms with E-state index in [4.69, 9.17) is 9.47 Å². The summed E-state index contributed by atoms with van der Waals surface area (Å²) in [6.45, 7) is 0.344. The molecule has 0 aliphatic carbocycles. The van der Waals surface area contributed by atoms with Crippen molar-refractivity contribution >= 4 is 134 Å². The number of halogens is 3. The molecule has 0 saturated carbocycles. The first-order valence-electron chi connectivity index (χ1n) is 22.3. The minimum Gasteiger partial charge on any atom is -0.497 e. The van der Waals surface area contributed by atoms with Crippen LogP contribution in [0.3, 0.4) is 0 Å². The van der Waals surface area contributed by atoms with Gasteiger partial charge in [0.1, 0.15) is 11.5 Å². The Morgan fingerprint density at radius 3 is 1.13 bits per heavy atom. The molecule has 0 atom stereocenters. The number of carbonyl (C=O) groups is 4. The smallest absolute Gasteiger partial charge is 0.262 e. The average molecular weight is 1130 g/mol. The van der Waals surface area contributed by atoms with Crippen LogP contribution in [0.5, 0.6) is 11.5 Å². The Morgan fingerprint density at radius 2 is 0.746 bits per heavy atom. The zero-order valence-corrected chi connectivity index (χ0v) is 42.7. The van der Waals surface area contributed by atoms with Crippen LogP contribution < -0.4 is 9.47 Å². The number of nitrogens with zero attached hydrogens (tertiary/aromatic N) is 2. The maximum Gasteiger partial charge on any atom is 0.262 e. The van der Waals surface area contributed by atoms with E-state index in [2.05, 4.69) is 64.1 Å². The molecule has 352 valence electrons. The predicted octanol–water partition coefficient (Wildman–Crippen LogP) is 12.7. The highest BCUT2D eigenvalue weighted by molar-refractivity contribution is 9.93. The van der Waals surface area contributed by atoms with Crippen LogP contribution in [0.2, 0.25) is 0 Å². The second-order valence-corrected chi connectivity index (χ2v) is 17.5. The van der Waals surface area contributed by atoms with Gasteiger partial charge in [0.2, 0.25) is 0 Å². The third-order valence-electron chi connectivity index (χ3n) is 12.8. The normalized spacial score (nSPS) is 13.8. The third-order valence-corrected chi connectivity index (χ3v) is 13.4. The minimum absolute atomic E-state index is 0.164. The second-order valence-electron chi connectivity index (χ2n) is 16.7. The number of ether oxygens (including phenoxy) is 2. The van der Waals surface area contributed by atoms with Gasteiger partial charge in [-0.3, -0.25) is 29.0 Å². The molecule has 10 aromatic rings. The summed E-state index contributed by atoms with van der Waals surface area (Å²) in [6.07, 6.45) is 5.44. The zero-order chi connectivity index (χ0) is 49.3. The summed E-state index contributed by atoms with van der Waals surface area (Å²) in [5.74, 6) is 0.199. The zero-order valence-electron chi connectivity index (χ0n) is 38.0. The summed E-state index contributed by atoms with van der Waals surface area (Å²) in [4.78, 5) is 71.2. The molecule has 4 N–H and O–H groups in total. The fourth-order valence-corrected chi connectivity index (χ4v) is 10.1. The topological polar surface area (TPSA) is 156 Å². The Labute approximate surface area is 430 Å². The molecule has 15 heteroatoms. The summed E-state index contributed by atoms with van der Waals surface area (Å²) >= 11 is 9.12. The monoisotopic (exact) mass is 1130 g/mol. The van der Waals surface area contributed by atoms with Crippen molar-refractivity contribution in [2.45, 2.75) is 13.1 Å². The number of carbonyl (C=O) groups excluding carboxylic acids is 4. The number of nitrogens with one attached hydrogen (secondary N) is 4. The lowest BCUT2D eigenvalue weighted by atomic mass is 9.95. The van der Waals surface area contributed by atoms with Crippen molar-refractivity contribution in [1.29, 1.82) is 0 Å². The lowest BCUT2D eigenvalue weighted by Crippen LogP contribution is -2.31. The quantitative estimate of drug-likeness (QED) is 0.0999. The second kappa shape index (κ2) is 19.9. The molecule has 12 nitrogen and oxygen atoms in total. The highest BCUT2D eigenvalue weighted by Crippen LogP contribution is 2.45. The fraction of sp³-hybridized carbons (Fsp3) is 0.0714. The number of aromatic amines is 4. The SMILES string of the molecule is BrBr.COc1ccc(CN2C(=O)C(c3c[nH]c4ccccc34)=C(c3c(Br)[nH]c4ccccc34)C2=O)cc1.COc1ccc(CN2C(=O)C(c3c[nH]c4ccccc34)=C(c3c[nH]c4ccccc34)C2=O)cc1. The first-order valence-corrected chi connectivity index (χ1v) is 26.8. The largest absolute Gasteiger partial charge is 0.497 e. The number of para-hydroxylation sites is 4. The summed E-state index contributed by atoms with van der Waals surface area (Å²) in [5, 5.41) is 3.58. The molecule has 2 aliphatic rings. The molecule has 12 rings (SSSR count). The average Bonchev–Trinajstić information content (AvgIpc) is 4.27. The van der Waals surface area contributed by atoms with Crippen molar-refractivity contribution in [3.8, 4) is 11.5 Å². The van der Waals surface area contributed by atoms with E-state index in [0.717, 1.165) is 71.6 Å². The van der Waals surface area contributed by atoms with E-state index in [1.807, 2.05) is 164 Å². The maximum absolute atomic E-state index is 14.0. The first kappa shape index (κ1) is 47.0. The Balaban J connectivity index is 0.000000159. The van der Waals surface area contributed by atoms with Gasteiger partial charge in [-0.2, -0.15) is 0 Å². The van der Waals surface area contributed by atoms with E-state index in [1.54, 1.807) is 14.2 Å². The summed E-state index contributed by atoms with van der Waals surface area (Å²) in [6, 6.07) is 45.9. The lowest BCUT2D eigenvalue weighted by molar-refractivity contribution is -0.138.